The number of aryl methyl sites for hydroxylation is 2. The number of piperidine rings is 1. The predicted molar refractivity (Wildman–Crippen MR) is 71.3 cm³/mol. The second kappa shape index (κ2) is 5.00. The third kappa shape index (κ3) is 2.21. The van der Waals surface area contributed by atoms with Crippen molar-refractivity contribution < 1.29 is 4.79 Å². The Kier molecular flexibility index (Phi) is 3.59. The summed E-state index contributed by atoms with van der Waals surface area (Å²) in [4.78, 5) is 14.4. The molecule has 1 saturated heterocycles. The second-order valence-corrected chi connectivity index (χ2v) is 5.16. The Balaban J connectivity index is 2.21. The van der Waals surface area contributed by atoms with Gasteiger partial charge in [-0.05, 0) is 25.2 Å². The molecule has 5 nitrogen and oxygen atoms in total. The highest BCUT2D eigenvalue weighted by Gasteiger charge is 2.26. The van der Waals surface area contributed by atoms with Crippen molar-refractivity contribution >= 4 is 11.6 Å². The van der Waals surface area contributed by atoms with Crippen molar-refractivity contribution in [2.75, 3.05) is 18.8 Å². The molecule has 0 aliphatic carbocycles. The number of aromatic nitrogens is 2. The molecule has 0 aromatic carbocycles. The van der Waals surface area contributed by atoms with E-state index in [1.54, 1.807) is 11.7 Å². The first kappa shape index (κ1) is 12.9. The number of anilines is 1. The van der Waals surface area contributed by atoms with Crippen molar-refractivity contribution in [3.8, 4) is 0 Å². The zero-order valence-electron chi connectivity index (χ0n) is 11.4. The molecule has 1 aliphatic rings. The standard InChI is InChI=1S/C13H22N4O/c1-4-10-11(14)12(16(3)15-10)13(18)17-7-5-9(2)6-8-17/h9H,4-8,14H2,1-3H3. The summed E-state index contributed by atoms with van der Waals surface area (Å²) < 4.78 is 1.62. The van der Waals surface area contributed by atoms with Crippen LogP contribution in [-0.2, 0) is 13.5 Å². The highest BCUT2D eigenvalue weighted by atomic mass is 16.2. The molecule has 0 saturated carbocycles. The van der Waals surface area contributed by atoms with Gasteiger partial charge in [-0.15, -0.1) is 0 Å². The summed E-state index contributed by atoms with van der Waals surface area (Å²) >= 11 is 0. The molecule has 1 aromatic heterocycles. The topological polar surface area (TPSA) is 64.2 Å². The molecule has 2 heterocycles. The molecule has 100 valence electrons. The molecule has 1 fully saturated rings. The Hall–Kier alpha value is -1.52. The van der Waals surface area contributed by atoms with E-state index in [4.69, 9.17) is 5.73 Å². The summed E-state index contributed by atoms with van der Waals surface area (Å²) in [6.45, 7) is 5.88. The maximum atomic E-state index is 12.5. The number of carbonyl (C=O) groups excluding carboxylic acids is 1. The fourth-order valence-electron chi connectivity index (χ4n) is 2.47. The first-order valence-electron chi connectivity index (χ1n) is 6.65. The van der Waals surface area contributed by atoms with Crippen molar-refractivity contribution in [2.45, 2.75) is 33.1 Å². The van der Waals surface area contributed by atoms with Gasteiger partial charge in [-0.3, -0.25) is 9.48 Å². The van der Waals surface area contributed by atoms with Crippen molar-refractivity contribution in [3.05, 3.63) is 11.4 Å². The summed E-state index contributed by atoms with van der Waals surface area (Å²) in [5, 5.41) is 4.30. The number of rotatable bonds is 2. The van der Waals surface area contributed by atoms with Crippen LogP contribution in [0.15, 0.2) is 0 Å². The Morgan fingerprint density at radius 1 is 1.44 bits per heavy atom. The molecule has 5 heteroatoms. The summed E-state index contributed by atoms with van der Waals surface area (Å²) in [5.74, 6) is 0.734. The van der Waals surface area contributed by atoms with E-state index < -0.39 is 0 Å². The largest absolute Gasteiger partial charge is 0.395 e. The lowest BCUT2D eigenvalue weighted by atomic mass is 9.99. The molecule has 18 heavy (non-hydrogen) atoms. The van der Waals surface area contributed by atoms with Crippen molar-refractivity contribution in [3.63, 3.8) is 0 Å². The van der Waals surface area contributed by atoms with E-state index in [-0.39, 0.29) is 5.91 Å². The highest BCUT2D eigenvalue weighted by Crippen LogP contribution is 2.22. The summed E-state index contributed by atoms with van der Waals surface area (Å²) in [6.07, 6.45) is 2.90. The Morgan fingerprint density at radius 3 is 2.56 bits per heavy atom. The van der Waals surface area contributed by atoms with E-state index in [1.165, 1.54) is 0 Å². The minimum Gasteiger partial charge on any atom is -0.395 e. The molecule has 1 amide bonds. The lowest BCUT2D eigenvalue weighted by Crippen LogP contribution is -2.39. The van der Waals surface area contributed by atoms with Crippen LogP contribution in [0.3, 0.4) is 0 Å². The lowest BCUT2D eigenvalue weighted by Gasteiger charge is -2.30. The van der Waals surface area contributed by atoms with Crippen LogP contribution in [0.4, 0.5) is 5.69 Å². The monoisotopic (exact) mass is 250 g/mol. The van der Waals surface area contributed by atoms with Crippen LogP contribution in [0.1, 0.15) is 42.9 Å². The molecule has 0 unspecified atom stereocenters. The maximum absolute atomic E-state index is 12.5. The Labute approximate surface area is 108 Å². The van der Waals surface area contributed by atoms with Gasteiger partial charge in [0, 0.05) is 20.1 Å². The quantitative estimate of drug-likeness (QED) is 0.863. The molecule has 0 bridgehead atoms. The molecule has 0 atom stereocenters. The Bertz CT molecular complexity index is 444. The number of nitrogens with zero attached hydrogens (tertiary/aromatic N) is 3. The minimum absolute atomic E-state index is 0.0223. The minimum atomic E-state index is 0.0223. The van der Waals surface area contributed by atoms with E-state index in [9.17, 15) is 4.79 Å². The van der Waals surface area contributed by atoms with Gasteiger partial charge in [-0.1, -0.05) is 13.8 Å². The highest BCUT2D eigenvalue weighted by molar-refractivity contribution is 5.98. The number of hydrogen-bond acceptors (Lipinski definition) is 3. The van der Waals surface area contributed by atoms with Crippen molar-refractivity contribution in [1.29, 1.82) is 0 Å². The van der Waals surface area contributed by atoms with Crippen LogP contribution in [-0.4, -0.2) is 33.7 Å². The smallest absolute Gasteiger partial charge is 0.274 e. The van der Waals surface area contributed by atoms with Gasteiger partial charge in [0.25, 0.3) is 5.91 Å². The third-order valence-corrected chi connectivity index (χ3v) is 3.77. The molecular formula is C13H22N4O. The second-order valence-electron chi connectivity index (χ2n) is 5.16. The average molecular weight is 250 g/mol. The van der Waals surface area contributed by atoms with Gasteiger partial charge >= 0.3 is 0 Å². The van der Waals surface area contributed by atoms with Crippen LogP contribution < -0.4 is 5.73 Å². The fraction of sp³-hybridized carbons (Fsp3) is 0.692. The Morgan fingerprint density at radius 2 is 2.06 bits per heavy atom. The van der Waals surface area contributed by atoms with E-state index in [1.807, 2.05) is 11.8 Å². The zero-order valence-corrected chi connectivity index (χ0v) is 11.4. The van der Waals surface area contributed by atoms with Crippen LogP contribution in [0.5, 0.6) is 0 Å². The van der Waals surface area contributed by atoms with Gasteiger partial charge < -0.3 is 10.6 Å². The number of hydrogen-bond donors (Lipinski definition) is 1. The van der Waals surface area contributed by atoms with Crippen molar-refractivity contribution in [1.82, 2.24) is 14.7 Å². The zero-order chi connectivity index (χ0) is 13.3. The van der Waals surface area contributed by atoms with E-state index in [0.29, 0.717) is 17.3 Å². The number of nitrogen functional groups attached to an aromatic ring is 1. The summed E-state index contributed by atoms with van der Waals surface area (Å²) in [7, 11) is 1.79. The molecule has 1 aliphatic heterocycles. The molecule has 2 rings (SSSR count). The predicted octanol–water partition coefficient (Wildman–Crippen LogP) is 1.44. The molecular weight excluding hydrogens is 228 g/mol. The van der Waals surface area contributed by atoms with Crippen LogP contribution in [0, 0.1) is 5.92 Å². The van der Waals surface area contributed by atoms with E-state index >= 15 is 0 Å². The molecule has 1 aromatic rings. The van der Waals surface area contributed by atoms with E-state index in [0.717, 1.165) is 38.0 Å². The SMILES string of the molecule is CCc1nn(C)c(C(=O)N2CCC(C)CC2)c1N. The number of amides is 1. The number of nitrogens with two attached hydrogens (primary N) is 1. The van der Waals surface area contributed by atoms with Crippen LogP contribution in [0.25, 0.3) is 0 Å². The maximum Gasteiger partial charge on any atom is 0.274 e. The van der Waals surface area contributed by atoms with Gasteiger partial charge in [-0.2, -0.15) is 5.10 Å². The third-order valence-electron chi connectivity index (χ3n) is 3.77. The first-order valence-corrected chi connectivity index (χ1v) is 6.65. The lowest BCUT2D eigenvalue weighted by molar-refractivity contribution is 0.0687. The molecule has 0 spiro atoms. The summed E-state index contributed by atoms with van der Waals surface area (Å²) in [6, 6.07) is 0. The number of carbonyl (C=O) groups is 1. The first-order chi connectivity index (χ1) is 8.54. The van der Waals surface area contributed by atoms with Gasteiger partial charge in [-0.25, -0.2) is 0 Å². The van der Waals surface area contributed by atoms with E-state index in [2.05, 4.69) is 12.0 Å². The fourth-order valence-corrected chi connectivity index (χ4v) is 2.47. The normalized spacial score (nSPS) is 17.2. The average Bonchev–Trinajstić information content (AvgIpc) is 2.64. The van der Waals surface area contributed by atoms with Gasteiger partial charge in [0.2, 0.25) is 0 Å². The molecule has 0 radical (unpaired) electrons. The van der Waals surface area contributed by atoms with Crippen LogP contribution in [0.2, 0.25) is 0 Å². The van der Waals surface area contributed by atoms with Gasteiger partial charge in [0.1, 0.15) is 5.69 Å². The van der Waals surface area contributed by atoms with Crippen LogP contribution >= 0.6 is 0 Å². The summed E-state index contributed by atoms with van der Waals surface area (Å²) in [5.41, 5.74) is 7.92. The van der Waals surface area contributed by atoms with Gasteiger partial charge in [0.15, 0.2) is 0 Å². The van der Waals surface area contributed by atoms with Crippen molar-refractivity contribution in [2.24, 2.45) is 13.0 Å². The number of likely N-dealkylation sites (tertiary alicyclic amines) is 1. The molecule has 2 N–H and O–H groups in total. The van der Waals surface area contributed by atoms with Gasteiger partial charge in [0.05, 0.1) is 11.4 Å².